The van der Waals surface area contributed by atoms with Crippen LogP contribution in [0.3, 0.4) is 0 Å². The quantitative estimate of drug-likeness (QED) is 0.729. The van der Waals surface area contributed by atoms with Crippen LogP contribution in [0.4, 0.5) is 0 Å². The van der Waals surface area contributed by atoms with E-state index in [-0.39, 0.29) is 0 Å². The molecule has 1 N–H and O–H groups in total. The smallest absolute Gasteiger partial charge is 0.0934 e. The van der Waals surface area contributed by atoms with Gasteiger partial charge in [0, 0.05) is 11.8 Å². The molecule has 0 radical (unpaired) electrons. The lowest BCUT2D eigenvalue weighted by Crippen LogP contribution is -2.38. The first-order chi connectivity index (χ1) is 10.3. The van der Waals surface area contributed by atoms with E-state index in [0.717, 1.165) is 6.42 Å². The topological polar surface area (TPSA) is 20.2 Å². The van der Waals surface area contributed by atoms with Crippen LogP contribution in [0, 0.1) is 47.3 Å². The van der Waals surface area contributed by atoms with E-state index in [1.165, 1.54) is 5.57 Å². The second-order valence-electron chi connectivity index (χ2n) is 7.89. The summed E-state index contributed by atoms with van der Waals surface area (Å²) in [6.45, 7) is 0. The Balaban J connectivity index is 1.47. The molecule has 106 valence electrons. The Morgan fingerprint density at radius 3 is 2.48 bits per heavy atom. The van der Waals surface area contributed by atoms with Gasteiger partial charge in [-0.25, -0.2) is 0 Å². The van der Waals surface area contributed by atoms with Crippen LogP contribution in [0.1, 0.15) is 6.42 Å². The minimum atomic E-state index is -0.590. The number of allylic oxidation sites excluding steroid dienone is 8. The van der Waals surface area contributed by atoms with Crippen molar-refractivity contribution in [2.75, 3.05) is 0 Å². The Labute approximate surface area is 125 Å². The van der Waals surface area contributed by atoms with Crippen LogP contribution >= 0.6 is 0 Å². The van der Waals surface area contributed by atoms with Crippen molar-refractivity contribution in [2.24, 2.45) is 47.3 Å². The third-order valence-corrected chi connectivity index (χ3v) is 7.20. The molecule has 21 heavy (non-hydrogen) atoms. The van der Waals surface area contributed by atoms with Crippen LogP contribution in [0.15, 0.2) is 60.3 Å². The third kappa shape index (κ3) is 1.13. The monoisotopic (exact) mass is 276 g/mol. The first-order valence-electron chi connectivity index (χ1n) is 8.43. The van der Waals surface area contributed by atoms with Crippen molar-refractivity contribution >= 4 is 0 Å². The van der Waals surface area contributed by atoms with Crippen molar-refractivity contribution in [3.8, 4) is 0 Å². The molecule has 0 aromatic carbocycles. The van der Waals surface area contributed by atoms with Crippen molar-refractivity contribution in [3.63, 3.8) is 0 Å². The molecule has 0 bridgehead atoms. The second-order valence-corrected chi connectivity index (χ2v) is 7.89. The van der Waals surface area contributed by atoms with E-state index in [1.54, 1.807) is 0 Å². The first kappa shape index (κ1) is 11.3. The first-order valence-corrected chi connectivity index (χ1v) is 8.43. The molecule has 1 nitrogen and oxygen atoms in total. The largest absolute Gasteiger partial charge is 0.385 e. The molecule has 6 aliphatic rings. The maximum absolute atomic E-state index is 11.6. The van der Waals surface area contributed by atoms with E-state index in [0.29, 0.717) is 47.3 Å². The van der Waals surface area contributed by atoms with Crippen molar-refractivity contribution < 1.29 is 5.11 Å². The Kier molecular flexibility index (Phi) is 1.80. The normalized spacial score (nSPS) is 60.1. The summed E-state index contributed by atoms with van der Waals surface area (Å²) < 4.78 is 0. The van der Waals surface area contributed by atoms with E-state index in [2.05, 4.69) is 54.7 Å². The highest BCUT2D eigenvalue weighted by atomic mass is 16.3. The van der Waals surface area contributed by atoms with Crippen LogP contribution in [0.2, 0.25) is 0 Å². The molecule has 0 amide bonds. The Hall–Kier alpha value is -1.34. The van der Waals surface area contributed by atoms with E-state index in [9.17, 15) is 5.11 Å². The van der Waals surface area contributed by atoms with Gasteiger partial charge in [-0.2, -0.15) is 0 Å². The van der Waals surface area contributed by atoms with Gasteiger partial charge in [0.25, 0.3) is 0 Å². The molecule has 0 aliphatic heterocycles. The highest BCUT2D eigenvalue weighted by molar-refractivity contribution is 5.45. The average molecular weight is 276 g/mol. The number of hydrogen-bond donors (Lipinski definition) is 1. The maximum Gasteiger partial charge on any atom is 0.0934 e. The highest BCUT2D eigenvalue weighted by Crippen LogP contribution is 2.63. The van der Waals surface area contributed by atoms with Crippen LogP contribution in [0.25, 0.3) is 0 Å². The molecule has 1 heteroatoms. The molecule has 6 rings (SSSR count). The summed E-state index contributed by atoms with van der Waals surface area (Å²) in [6, 6.07) is 0. The third-order valence-electron chi connectivity index (χ3n) is 7.20. The van der Waals surface area contributed by atoms with Gasteiger partial charge in [-0.05, 0) is 47.5 Å². The van der Waals surface area contributed by atoms with Crippen molar-refractivity contribution in [1.29, 1.82) is 0 Å². The summed E-state index contributed by atoms with van der Waals surface area (Å²) >= 11 is 0. The lowest BCUT2D eigenvalue weighted by atomic mass is 9.75. The molecular weight excluding hydrogens is 256 g/mol. The predicted molar refractivity (Wildman–Crippen MR) is 82.1 cm³/mol. The minimum Gasteiger partial charge on any atom is -0.385 e. The van der Waals surface area contributed by atoms with E-state index in [1.807, 2.05) is 0 Å². The van der Waals surface area contributed by atoms with Gasteiger partial charge in [0.05, 0.1) is 5.60 Å². The van der Waals surface area contributed by atoms with Crippen LogP contribution < -0.4 is 0 Å². The molecule has 0 heterocycles. The van der Waals surface area contributed by atoms with Gasteiger partial charge in [-0.3, -0.25) is 0 Å². The lowest BCUT2D eigenvalue weighted by molar-refractivity contribution is 0.0405. The fourth-order valence-corrected chi connectivity index (χ4v) is 6.42. The molecular formula is C20H20O. The summed E-state index contributed by atoms with van der Waals surface area (Å²) in [5, 5.41) is 11.6. The van der Waals surface area contributed by atoms with Gasteiger partial charge >= 0.3 is 0 Å². The Morgan fingerprint density at radius 2 is 1.52 bits per heavy atom. The van der Waals surface area contributed by atoms with Gasteiger partial charge in [0.1, 0.15) is 0 Å². The van der Waals surface area contributed by atoms with Crippen LogP contribution in [0.5, 0.6) is 0 Å². The fraction of sp³-hybridized carbons (Fsp3) is 0.500. The zero-order valence-electron chi connectivity index (χ0n) is 12.0. The van der Waals surface area contributed by atoms with Crippen molar-refractivity contribution in [1.82, 2.24) is 0 Å². The minimum absolute atomic E-state index is 0.337. The fourth-order valence-electron chi connectivity index (χ4n) is 6.42. The average Bonchev–Trinajstić information content (AvgIpc) is 3.22. The zero-order chi connectivity index (χ0) is 13.8. The van der Waals surface area contributed by atoms with Gasteiger partial charge in [-0.1, -0.05) is 54.7 Å². The molecule has 0 aromatic rings. The maximum atomic E-state index is 11.6. The van der Waals surface area contributed by atoms with E-state index < -0.39 is 5.60 Å². The molecule has 0 aromatic heterocycles. The summed E-state index contributed by atoms with van der Waals surface area (Å²) in [4.78, 5) is 0. The van der Waals surface area contributed by atoms with E-state index in [4.69, 9.17) is 0 Å². The molecule has 1 saturated carbocycles. The number of hydrogen-bond acceptors (Lipinski definition) is 1. The van der Waals surface area contributed by atoms with Crippen molar-refractivity contribution in [3.05, 3.63) is 60.3 Å². The number of rotatable bonds is 1. The zero-order valence-corrected chi connectivity index (χ0v) is 12.0. The summed E-state index contributed by atoms with van der Waals surface area (Å²) in [6.07, 6.45) is 22.2. The summed E-state index contributed by atoms with van der Waals surface area (Å²) in [5.41, 5.74) is 0.756. The molecule has 1 fully saturated rings. The van der Waals surface area contributed by atoms with Crippen molar-refractivity contribution in [2.45, 2.75) is 12.0 Å². The van der Waals surface area contributed by atoms with Crippen LogP contribution in [-0.2, 0) is 0 Å². The van der Waals surface area contributed by atoms with Gasteiger partial charge in [-0.15, -0.1) is 0 Å². The van der Waals surface area contributed by atoms with Gasteiger partial charge in [0.2, 0.25) is 0 Å². The number of aliphatic hydroxyl groups is 1. The second kappa shape index (κ2) is 3.35. The lowest BCUT2D eigenvalue weighted by Gasteiger charge is -2.34. The highest BCUT2D eigenvalue weighted by Gasteiger charge is 2.61. The Bertz CT molecular complexity index is 678. The molecule has 6 aliphatic carbocycles. The van der Waals surface area contributed by atoms with Gasteiger partial charge < -0.3 is 5.11 Å². The van der Waals surface area contributed by atoms with Gasteiger partial charge in [0.15, 0.2) is 0 Å². The Morgan fingerprint density at radius 1 is 0.810 bits per heavy atom. The van der Waals surface area contributed by atoms with Crippen LogP contribution in [-0.4, -0.2) is 10.7 Å². The standard InChI is InChI=1S/C20H20O/c21-20(10-14-4-2-12-6-8-16(20)19(12)14)17-9-13-3-1-11-5-7-15(17)18(11)13/h1-9,11-16,18-19,21H,10H2/t11-,12+,13+,14+,15+,16-,18-,19+,20+/m1/s1. The molecule has 0 spiro atoms. The molecule has 0 unspecified atom stereocenters. The summed E-state index contributed by atoms with van der Waals surface area (Å²) in [7, 11) is 0. The SMILES string of the molecule is O[C@@]1(C2=C[C@@H]3C=C[C@@H]4C=C[C@@H]2[C@H]43)C[C@@H]2C=C[C@H]3C=C[C@@H]1[C@@H]32. The molecule has 0 saturated heterocycles. The molecule has 9 atom stereocenters. The van der Waals surface area contributed by atoms with E-state index >= 15 is 0 Å². The summed E-state index contributed by atoms with van der Waals surface area (Å²) in [5.74, 6) is 4.48. The predicted octanol–water partition coefficient (Wildman–Crippen LogP) is 3.27.